The maximum atomic E-state index is 13.9. The summed E-state index contributed by atoms with van der Waals surface area (Å²) in [6.45, 7) is 9.90. The zero-order chi connectivity index (χ0) is 14.8. The first kappa shape index (κ1) is 16.0. The molecule has 112 valence electrons. The average Bonchev–Trinajstić information content (AvgIpc) is 2.58. The zero-order valence-corrected chi connectivity index (χ0v) is 14.3. The Morgan fingerprint density at radius 3 is 2.65 bits per heavy atom. The van der Waals surface area contributed by atoms with E-state index in [-0.39, 0.29) is 5.82 Å². The van der Waals surface area contributed by atoms with Gasteiger partial charge in [-0.2, -0.15) is 0 Å². The lowest BCUT2D eigenvalue weighted by Crippen LogP contribution is -2.26. The van der Waals surface area contributed by atoms with Crippen molar-refractivity contribution in [2.75, 3.05) is 13.1 Å². The number of benzene rings is 1. The molecule has 1 unspecified atom stereocenters. The van der Waals surface area contributed by atoms with E-state index in [4.69, 9.17) is 0 Å². The summed E-state index contributed by atoms with van der Waals surface area (Å²) in [5.74, 6) is 0.679. The minimum Gasteiger partial charge on any atom is -0.299 e. The van der Waals surface area contributed by atoms with E-state index in [1.165, 1.54) is 19.3 Å². The van der Waals surface area contributed by atoms with Crippen molar-refractivity contribution in [1.82, 2.24) is 4.90 Å². The normalized spacial score (nSPS) is 21.8. The molecule has 1 aromatic carbocycles. The third kappa shape index (κ3) is 4.29. The molecule has 0 radical (unpaired) electrons. The van der Waals surface area contributed by atoms with Crippen molar-refractivity contribution in [3.63, 3.8) is 0 Å². The highest BCUT2D eigenvalue weighted by molar-refractivity contribution is 9.10. The smallest absolute Gasteiger partial charge is 0.128 e. The number of nitrogens with zero attached hydrogens (tertiary/aromatic N) is 1. The molecule has 3 heteroatoms. The molecule has 0 amide bonds. The molecule has 1 fully saturated rings. The van der Waals surface area contributed by atoms with Crippen LogP contribution in [-0.2, 0) is 6.54 Å². The highest BCUT2D eigenvalue weighted by Gasteiger charge is 2.27. The highest BCUT2D eigenvalue weighted by Crippen LogP contribution is 2.34. The number of hydrogen-bond acceptors (Lipinski definition) is 1. The van der Waals surface area contributed by atoms with Gasteiger partial charge in [0.2, 0.25) is 0 Å². The standard InChI is InChI=1S/C17H25BrFN/c1-17(2,3)14-5-4-9-20(10-8-14)12-13-6-7-15(18)11-16(13)19/h6-7,11,14H,4-5,8-10,12H2,1-3H3. The van der Waals surface area contributed by atoms with Crippen molar-refractivity contribution in [2.24, 2.45) is 11.3 Å². The first-order valence-electron chi connectivity index (χ1n) is 7.52. The molecule has 2 rings (SSSR count). The van der Waals surface area contributed by atoms with Gasteiger partial charge in [-0.3, -0.25) is 4.90 Å². The highest BCUT2D eigenvalue weighted by atomic mass is 79.9. The molecule has 0 bridgehead atoms. The van der Waals surface area contributed by atoms with Gasteiger partial charge in [0.25, 0.3) is 0 Å². The van der Waals surface area contributed by atoms with Crippen molar-refractivity contribution in [3.8, 4) is 0 Å². The molecule has 0 aliphatic carbocycles. The number of rotatable bonds is 2. The number of halogens is 2. The Labute approximate surface area is 130 Å². The fourth-order valence-corrected chi connectivity index (χ4v) is 3.40. The zero-order valence-electron chi connectivity index (χ0n) is 12.8. The van der Waals surface area contributed by atoms with Gasteiger partial charge in [-0.25, -0.2) is 4.39 Å². The van der Waals surface area contributed by atoms with E-state index in [2.05, 4.69) is 41.6 Å². The average molecular weight is 342 g/mol. The lowest BCUT2D eigenvalue weighted by molar-refractivity contribution is 0.206. The fraction of sp³-hybridized carbons (Fsp3) is 0.647. The maximum Gasteiger partial charge on any atom is 0.128 e. The van der Waals surface area contributed by atoms with Crippen LogP contribution in [0.25, 0.3) is 0 Å². The van der Waals surface area contributed by atoms with Gasteiger partial charge in [-0.05, 0) is 55.8 Å². The Bertz CT molecular complexity index is 453. The van der Waals surface area contributed by atoms with Gasteiger partial charge in [0, 0.05) is 16.6 Å². The van der Waals surface area contributed by atoms with Crippen LogP contribution in [0.2, 0.25) is 0 Å². The summed E-state index contributed by atoms with van der Waals surface area (Å²) >= 11 is 3.31. The fourth-order valence-electron chi connectivity index (χ4n) is 3.07. The van der Waals surface area contributed by atoms with Crippen molar-refractivity contribution in [1.29, 1.82) is 0 Å². The van der Waals surface area contributed by atoms with Crippen LogP contribution >= 0.6 is 15.9 Å². The van der Waals surface area contributed by atoms with Gasteiger partial charge in [0.15, 0.2) is 0 Å². The number of likely N-dealkylation sites (tertiary alicyclic amines) is 1. The van der Waals surface area contributed by atoms with Crippen LogP contribution in [0, 0.1) is 17.2 Å². The summed E-state index contributed by atoms with van der Waals surface area (Å²) in [6.07, 6.45) is 3.74. The molecule has 0 aromatic heterocycles. The Balaban J connectivity index is 1.97. The summed E-state index contributed by atoms with van der Waals surface area (Å²) in [6, 6.07) is 5.38. The van der Waals surface area contributed by atoms with E-state index in [0.29, 0.717) is 5.41 Å². The Hall–Kier alpha value is -0.410. The van der Waals surface area contributed by atoms with E-state index in [1.807, 2.05) is 12.1 Å². The van der Waals surface area contributed by atoms with Crippen LogP contribution < -0.4 is 0 Å². The van der Waals surface area contributed by atoms with Crippen LogP contribution in [0.3, 0.4) is 0 Å². The van der Waals surface area contributed by atoms with E-state index >= 15 is 0 Å². The predicted molar refractivity (Wildman–Crippen MR) is 86.2 cm³/mol. The molecule has 1 saturated heterocycles. The van der Waals surface area contributed by atoms with Crippen LogP contribution in [0.1, 0.15) is 45.6 Å². The minimum absolute atomic E-state index is 0.101. The maximum absolute atomic E-state index is 13.9. The summed E-state index contributed by atoms with van der Waals surface area (Å²) < 4.78 is 14.7. The Morgan fingerprint density at radius 1 is 1.25 bits per heavy atom. The molecule has 1 nitrogen and oxygen atoms in total. The SMILES string of the molecule is CC(C)(C)C1CCCN(Cc2ccc(Br)cc2F)CC1. The first-order valence-corrected chi connectivity index (χ1v) is 8.32. The van der Waals surface area contributed by atoms with E-state index in [0.717, 1.165) is 35.6 Å². The van der Waals surface area contributed by atoms with Crippen LogP contribution in [-0.4, -0.2) is 18.0 Å². The van der Waals surface area contributed by atoms with Gasteiger partial charge < -0.3 is 0 Å². The Kier molecular flexibility index (Phi) is 5.25. The predicted octanol–water partition coefficient (Wildman–Crippen LogP) is 5.24. The molecule has 1 heterocycles. The lowest BCUT2D eigenvalue weighted by atomic mass is 9.77. The second kappa shape index (κ2) is 6.57. The second-order valence-corrected chi connectivity index (χ2v) is 7.92. The molecule has 1 aliphatic heterocycles. The lowest BCUT2D eigenvalue weighted by Gasteiger charge is -2.29. The van der Waals surface area contributed by atoms with Gasteiger partial charge >= 0.3 is 0 Å². The van der Waals surface area contributed by atoms with Crippen molar-refractivity contribution in [3.05, 3.63) is 34.1 Å². The van der Waals surface area contributed by atoms with Gasteiger partial charge in [0.1, 0.15) is 5.82 Å². The molecular formula is C17H25BrFN. The van der Waals surface area contributed by atoms with E-state index in [1.54, 1.807) is 6.07 Å². The van der Waals surface area contributed by atoms with Crippen molar-refractivity contribution < 1.29 is 4.39 Å². The van der Waals surface area contributed by atoms with Crippen LogP contribution in [0.4, 0.5) is 4.39 Å². The molecule has 0 saturated carbocycles. The van der Waals surface area contributed by atoms with Gasteiger partial charge in [0.05, 0.1) is 0 Å². The molecule has 0 spiro atoms. The topological polar surface area (TPSA) is 3.24 Å². The third-order valence-corrected chi connectivity index (χ3v) is 4.95. The van der Waals surface area contributed by atoms with Crippen molar-refractivity contribution >= 4 is 15.9 Å². The first-order chi connectivity index (χ1) is 9.36. The molecule has 1 aromatic rings. The summed E-state index contributed by atoms with van der Waals surface area (Å²) in [5.41, 5.74) is 1.20. The number of hydrogen-bond donors (Lipinski definition) is 0. The van der Waals surface area contributed by atoms with Crippen LogP contribution in [0.5, 0.6) is 0 Å². The molecule has 1 aliphatic rings. The third-order valence-electron chi connectivity index (χ3n) is 4.45. The summed E-state index contributed by atoms with van der Waals surface area (Å²) in [5, 5.41) is 0. The van der Waals surface area contributed by atoms with Gasteiger partial charge in [-0.1, -0.05) is 42.8 Å². The van der Waals surface area contributed by atoms with Crippen LogP contribution in [0.15, 0.2) is 22.7 Å². The monoisotopic (exact) mass is 341 g/mol. The summed E-state index contributed by atoms with van der Waals surface area (Å²) in [7, 11) is 0. The minimum atomic E-state index is -0.101. The quantitative estimate of drug-likeness (QED) is 0.711. The summed E-state index contributed by atoms with van der Waals surface area (Å²) in [4.78, 5) is 2.40. The Morgan fingerprint density at radius 2 is 2.00 bits per heavy atom. The molecule has 20 heavy (non-hydrogen) atoms. The van der Waals surface area contributed by atoms with E-state index in [9.17, 15) is 4.39 Å². The van der Waals surface area contributed by atoms with E-state index < -0.39 is 0 Å². The largest absolute Gasteiger partial charge is 0.299 e. The molecule has 0 N–H and O–H groups in total. The molecular weight excluding hydrogens is 317 g/mol. The van der Waals surface area contributed by atoms with Crippen molar-refractivity contribution in [2.45, 2.75) is 46.6 Å². The second-order valence-electron chi connectivity index (χ2n) is 7.01. The molecule has 1 atom stereocenters. The van der Waals surface area contributed by atoms with Gasteiger partial charge in [-0.15, -0.1) is 0 Å².